The third-order valence-corrected chi connectivity index (χ3v) is 3.48. The molecule has 0 unspecified atom stereocenters. The topological polar surface area (TPSA) is 83.0 Å². The summed E-state index contributed by atoms with van der Waals surface area (Å²) in [5.41, 5.74) is 0. The Balaban J connectivity index is 1.88. The Kier molecular flexibility index (Phi) is 5.15. The van der Waals surface area contributed by atoms with Gasteiger partial charge in [-0.15, -0.1) is 0 Å². The van der Waals surface area contributed by atoms with Gasteiger partial charge in [0, 0.05) is 13.1 Å². The quantitative estimate of drug-likeness (QED) is 0.767. The highest BCUT2D eigenvalue weighted by atomic mass is 35.5. The first-order valence-corrected chi connectivity index (χ1v) is 7.12. The standard InChI is InChI=1S/C12H20ClN5O/c1-2-14-11-16-10(13)17-12(18-11)15-7-8-3-5-9(19)6-4-8/h8-9,19H,2-7H2,1H3,(H2,14,15,16,17,18). The number of aromatic nitrogens is 3. The van der Waals surface area contributed by atoms with Crippen LogP contribution in [0.1, 0.15) is 32.6 Å². The number of hydrogen-bond donors (Lipinski definition) is 3. The van der Waals surface area contributed by atoms with Crippen molar-refractivity contribution in [2.75, 3.05) is 23.7 Å². The van der Waals surface area contributed by atoms with Crippen molar-refractivity contribution in [2.45, 2.75) is 38.7 Å². The molecule has 6 nitrogen and oxygen atoms in total. The first-order valence-electron chi connectivity index (χ1n) is 6.74. The molecule has 0 amide bonds. The molecule has 1 aliphatic rings. The van der Waals surface area contributed by atoms with Gasteiger partial charge in [-0.2, -0.15) is 15.0 Å². The average Bonchev–Trinajstić information content (AvgIpc) is 2.38. The Bertz CT molecular complexity index is 409. The lowest BCUT2D eigenvalue weighted by Crippen LogP contribution is -2.24. The van der Waals surface area contributed by atoms with Crippen LogP contribution in [0.4, 0.5) is 11.9 Å². The molecule has 1 aliphatic carbocycles. The van der Waals surface area contributed by atoms with Gasteiger partial charge in [-0.25, -0.2) is 0 Å². The maximum Gasteiger partial charge on any atom is 0.228 e. The molecular formula is C12H20ClN5O. The van der Waals surface area contributed by atoms with E-state index < -0.39 is 0 Å². The van der Waals surface area contributed by atoms with Gasteiger partial charge >= 0.3 is 0 Å². The zero-order valence-corrected chi connectivity index (χ0v) is 11.8. The van der Waals surface area contributed by atoms with E-state index in [0.29, 0.717) is 17.8 Å². The molecule has 19 heavy (non-hydrogen) atoms. The molecule has 0 aliphatic heterocycles. The van der Waals surface area contributed by atoms with E-state index in [1.54, 1.807) is 0 Å². The Labute approximate surface area is 118 Å². The van der Waals surface area contributed by atoms with Gasteiger partial charge in [0.15, 0.2) is 0 Å². The zero-order valence-electron chi connectivity index (χ0n) is 11.1. The molecule has 0 bridgehead atoms. The van der Waals surface area contributed by atoms with Crippen molar-refractivity contribution in [3.05, 3.63) is 5.28 Å². The predicted octanol–water partition coefficient (Wildman–Crippen LogP) is 1.92. The van der Waals surface area contributed by atoms with Crippen LogP contribution in [0.2, 0.25) is 5.28 Å². The van der Waals surface area contributed by atoms with E-state index in [1.807, 2.05) is 6.92 Å². The Hall–Kier alpha value is -1.14. The van der Waals surface area contributed by atoms with Crippen LogP contribution in [0.3, 0.4) is 0 Å². The van der Waals surface area contributed by atoms with Crippen molar-refractivity contribution in [3.8, 4) is 0 Å². The van der Waals surface area contributed by atoms with Crippen LogP contribution < -0.4 is 10.6 Å². The molecule has 0 saturated heterocycles. The average molecular weight is 286 g/mol. The van der Waals surface area contributed by atoms with Crippen LogP contribution in [0.15, 0.2) is 0 Å². The molecule has 2 rings (SSSR count). The summed E-state index contributed by atoms with van der Waals surface area (Å²) in [4.78, 5) is 12.3. The van der Waals surface area contributed by atoms with Crippen molar-refractivity contribution in [1.29, 1.82) is 0 Å². The molecule has 1 aromatic rings. The second-order valence-electron chi connectivity index (χ2n) is 4.84. The molecule has 0 spiro atoms. The lowest BCUT2D eigenvalue weighted by atomic mass is 9.87. The maximum absolute atomic E-state index is 9.46. The van der Waals surface area contributed by atoms with E-state index in [0.717, 1.165) is 38.8 Å². The van der Waals surface area contributed by atoms with E-state index in [1.165, 1.54) is 0 Å². The van der Waals surface area contributed by atoms with Crippen molar-refractivity contribution < 1.29 is 5.11 Å². The molecule has 0 radical (unpaired) electrons. The van der Waals surface area contributed by atoms with Gasteiger partial charge in [0.2, 0.25) is 17.2 Å². The van der Waals surface area contributed by atoms with Gasteiger partial charge in [0.05, 0.1) is 6.10 Å². The summed E-state index contributed by atoms with van der Waals surface area (Å²) < 4.78 is 0. The molecule has 3 N–H and O–H groups in total. The van der Waals surface area contributed by atoms with E-state index in [9.17, 15) is 5.11 Å². The van der Waals surface area contributed by atoms with Crippen LogP contribution in [-0.2, 0) is 0 Å². The number of aliphatic hydroxyl groups excluding tert-OH is 1. The Morgan fingerprint density at radius 1 is 1.11 bits per heavy atom. The number of nitrogens with zero attached hydrogens (tertiary/aromatic N) is 3. The summed E-state index contributed by atoms with van der Waals surface area (Å²) in [6.45, 7) is 3.51. The molecule has 7 heteroatoms. The fourth-order valence-corrected chi connectivity index (χ4v) is 2.41. The largest absolute Gasteiger partial charge is 0.393 e. The van der Waals surface area contributed by atoms with Crippen LogP contribution in [0.25, 0.3) is 0 Å². The van der Waals surface area contributed by atoms with Crippen LogP contribution in [0, 0.1) is 5.92 Å². The third-order valence-electron chi connectivity index (χ3n) is 3.31. The maximum atomic E-state index is 9.46. The highest BCUT2D eigenvalue weighted by Gasteiger charge is 2.19. The van der Waals surface area contributed by atoms with Crippen LogP contribution >= 0.6 is 11.6 Å². The molecule has 1 heterocycles. The number of aliphatic hydroxyl groups is 1. The molecule has 0 aromatic carbocycles. The first kappa shape index (κ1) is 14.3. The molecular weight excluding hydrogens is 266 g/mol. The minimum absolute atomic E-state index is 0.122. The van der Waals surface area contributed by atoms with E-state index in [2.05, 4.69) is 25.6 Å². The molecule has 0 atom stereocenters. The fraction of sp³-hybridized carbons (Fsp3) is 0.750. The van der Waals surface area contributed by atoms with Crippen LogP contribution in [0.5, 0.6) is 0 Å². The summed E-state index contributed by atoms with van der Waals surface area (Å²) >= 11 is 5.85. The van der Waals surface area contributed by atoms with Gasteiger partial charge in [-0.1, -0.05) is 0 Å². The number of nitrogens with one attached hydrogen (secondary N) is 2. The predicted molar refractivity (Wildman–Crippen MR) is 75.5 cm³/mol. The summed E-state index contributed by atoms with van der Waals surface area (Å²) in [6.07, 6.45) is 3.71. The van der Waals surface area contributed by atoms with Crippen molar-refractivity contribution in [1.82, 2.24) is 15.0 Å². The molecule has 1 fully saturated rings. The van der Waals surface area contributed by atoms with Crippen molar-refractivity contribution >= 4 is 23.5 Å². The number of hydrogen-bond acceptors (Lipinski definition) is 6. The first-order chi connectivity index (χ1) is 9.17. The smallest absolute Gasteiger partial charge is 0.228 e. The fourth-order valence-electron chi connectivity index (χ4n) is 2.25. The number of anilines is 2. The third kappa shape index (κ3) is 4.47. The highest BCUT2D eigenvalue weighted by Crippen LogP contribution is 2.24. The highest BCUT2D eigenvalue weighted by molar-refractivity contribution is 6.28. The Morgan fingerprint density at radius 3 is 2.37 bits per heavy atom. The summed E-state index contributed by atoms with van der Waals surface area (Å²) in [7, 11) is 0. The van der Waals surface area contributed by atoms with Gasteiger partial charge in [0.1, 0.15) is 0 Å². The van der Waals surface area contributed by atoms with Gasteiger partial charge in [-0.05, 0) is 50.1 Å². The number of halogens is 1. The van der Waals surface area contributed by atoms with Gasteiger partial charge in [0.25, 0.3) is 0 Å². The number of rotatable bonds is 5. The SMILES string of the molecule is CCNc1nc(Cl)nc(NCC2CCC(O)CC2)n1. The lowest BCUT2D eigenvalue weighted by Gasteiger charge is -2.25. The monoisotopic (exact) mass is 285 g/mol. The minimum atomic E-state index is -0.122. The van der Waals surface area contributed by atoms with Gasteiger partial charge < -0.3 is 15.7 Å². The minimum Gasteiger partial charge on any atom is -0.393 e. The van der Waals surface area contributed by atoms with E-state index >= 15 is 0 Å². The lowest BCUT2D eigenvalue weighted by molar-refractivity contribution is 0.111. The normalized spacial score (nSPS) is 23.1. The van der Waals surface area contributed by atoms with Crippen molar-refractivity contribution in [2.24, 2.45) is 5.92 Å². The molecule has 106 valence electrons. The van der Waals surface area contributed by atoms with Crippen LogP contribution in [-0.4, -0.2) is 39.3 Å². The van der Waals surface area contributed by atoms with Gasteiger partial charge in [-0.3, -0.25) is 0 Å². The summed E-state index contributed by atoms with van der Waals surface area (Å²) in [6, 6.07) is 0. The molecule has 1 aromatic heterocycles. The second-order valence-corrected chi connectivity index (χ2v) is 5.18. The van der Waals surface area contributed by atoms with Crippen molar-refractivity contribution in [3.63, 3.8) is 0 Å². The van der Waals surface area contributed by atoms with E-state index in [4.69, 9.17) is 11.6 Å². The zero-order chi connectivity index (χ0) is 13.7. The Morgan fingerprint density at radius 2 is 1.74 bits per heavy atom. The summed E-state index contributed by atoms with van der Waals surface area (Å²) in [5.74, 6) is 1.55. The second kappa shape index (κ2) is 6.86. The van der Waals surface area contributed by atoms with E-state index in [-0.39, 0.29) is 11.4 Å². The molecule has 1 saturated carbocycles. The summed E-state index contributed by atoms with van der Waals surface area (Å²) in [5, 5.41) is 15.9.